The van der Waals surface area contributed by atoms with E-state index >= 15 is 0 Å². The second kappa shape index (κ2) is 2.11. The smallest absolute Gasteiger partial charge is 0.254 e. The van der Waals surface area contributed by atoms with Crippen molar-refractivity contribution >= 4 is 6.04 Å². The zero-order chi connectivity index (χ0) is 6.78. The number of alkyl halides is 3. The lowest BCUT2D eigenvalue weighted by molar-refractivity contribution is -0.157. The van der Waals surface area contributed by atoms with E-state index in [0.717, 1.165) is 0 Å². The summed E-state index contributed by atoms with van der Waals surface area (Å²) in [5, 5.41) is 0. The van der Waals surface area contributed by atoms with Gasteiger partial charge in [-0.1, -0.05) is 0 Å². The summed E-state index contributed by atoms with van der Waals surface area (Å²) in [4.78, 5) is 9.04. The third-order valence-corrected chi connectivity index (χ3v) is 0.455. The van der Waals surface area contributed by atoms with Crippen molar-refractivity contribution in [2.24, 2.45) is 0 Å². The first kappa shape index (κ1) is 7.39. The second-order valence-electron chi connectivity index (χ2n) is 1.11. The molecule has 48 valence electrons. The topological polar surface area (TPSA) is 17.1 Å². The molecule has 0 bridgehead atoms. The molecule has 1 nitrogen and oxygen atoms in total. The summed E-state index contributed by atoms with van der Waals surface area (Å²) >= 11 is 0. The maximum atomic E-state index is 11.2. The SMILES string of the molecule is O=C(F)C(F)(F)CF. The van der Waals surface area contributed by atoms with Crippen LogP contribution in [0, 0.1) is 0 Å². The summed E-state index contributed by atoms with van der Waals surface area (Å²) in [6.07, 6.45) is 0. The van der Waals surface area contributed by atoms with Gasteiger partial charge in [-0.15, -0.1) is 0 Å². The van der Waals surface area contributed by atoms with Crippen molar-refractivity contribution in [1.29, 1.82) is 0 Å². The molecule has 0 aliphatic rings. The first-order chi connectivity index (χ1) is 3.50. The van der Waals surface area contributed by atoms with Gasteiger partial charge in [0.25, 0.3) is 0 Å². The fourth-order valence-electron chi connectivity index (χ4n) is 0.0525. The minimum Gasteiger partial charge on any atom is -0.254 e. The number of hydrogen-bond acceptors (Lipinski definition) is 1. The maximum Gasteiger partial charge on any atom is 0.373 e. The Balaban J connectivity index is 3.91. The average molecular weight is 130 g/mol. The molecule has 0 fully saturated rings. The average Bonchev–Trinajstić information content (AvgIpc) is 1.67. The molecule has 0 atom stereocenters. The molecule has 8 heavy (non-hydrogen) atoms. The van der Waals surface area contributed by atoms with Crippen molar-refractivity contribution in [3.63, 3.8) is 0 Å². The van der Waals surface area contributed by atoms with E-state index in [2.05, 4.69) is 0 Å². The van der Waals surface area contributed by atoms with E-state index < -0.39 is 18.6 Å². The lowest BCUT2D eigenvalue weighted by Gasteiger charge is -2.01. The molecule has 0 saturated heterocycles. The Morgan fingerprint density at radius 3 is 1.88 bits per heavy atom. The van der Waals surface area contributed by atoms with Gasteiger partial charge in [-0.05, 0) is 0 Å². The Bertz CT molecular complexity index is 99.5. The fraction of sp³-hybridized carbons (Fsp3) is 0.667. The van der Waals surface area contributed by atoms with Gasteiger partial charge in [0.05, 0.1) is 0 Å². The van der Waals surface area contributed by atoms with Gasteiger partial charge >= 0.3 is 12.0 Å². The molecule has 0 aromatic rings. The van der Waals surface area contributed by atoms with Crippen LogP contribution in [0.25, 0.3) is 0 Å². The first-order valence-corrected chi connectivity index (χ1v) is 1.64. The van der Waals surface area contributed by atoms with Crippen LogP contribution in [-0.2, 0) is 4.79 Å². The molecule has 0 aromatic heterocycles. The fourth-order valence-corrected chi connectivity index (χ4v) is 0.0525. The van der Waals surface area contributed by atoms with Crippen LogP contribution >= 0.6 is 0 Å². The number of carbonyl (C=O) groups excluding carboxylic acids is 1. The number of carbonyl (C=O) groups is 1. The molecule has 0 rings (SSSR count). The Kier molecular flexibility index (Phi) is 1.94. The number of hydrogen-bond donors (Lipinski definition) is 0. The molecule has 0 aliphatic heterocycles. The third-order valence-electron chi connectivity index (χ3n) is 0.455. The number of rotatable bonds is 2. The summed E-state index contributed by atoms with van der Waals surface area (Å²) in [6.45, 7) is -2.28. The van der Waals surface area contributed by atoms with E-state index in [4.69, 9.17) is 4.79 Å². The predicted molar refractivity (Wildman–Crippen MR) is 17.0 cm³/mol. The van der Waals surface area contributed by atoms with Gasteiger partial charge in [0.15, 0.2) is 6.67 Å². The first-order valence-electron chi connectivity index (χ1n) is 1.64. The summed E-state index contributed by atoms with van der Waals surface area (Å²) in [5.74, 6) is -4.43. The summed E-state index contributed by atoms with van der Waals surface area (Å²) in [5.41, 5.74) is 0. The highest BCUT2D eigenvalue weighted by Crippen LogP contribution is 2.14. The minimum absolute atomic E-state index is 2.28. The molecule has 0 unspecified atom stereocenters. The van der Waals surface area contributed by atoms with E-state index in [9.17, 15) is 17.6 Å². The van der Waals surface area contributed by atoms with Crippen molar-refractivity contribution in [2.75, 3.05) is 6.67 Å². The van der Waals surface area contributed by atoms with Gasteiger partial charge in [-0.2, -0.15) is 13.2 Å². The van der Waals surface area contributed by atoms with E-state index in [1.165, 1.54) is 0 Å². The largest absolute Gasteiger partial charge is 0.373 e. The lowest BCUT2D eigenvalue weighted by atomic mass is 10.4. The van der Waals surface area contributed by atoms with Gasteiger partial charge in [-0.25, -0.2) is 4.39 Å². The molecule has 0 heterocycles. The van der Waals surface area contributed by atoms with E-state index in [1.807, 2.05) is 0 Å². The highest BCUT2D eigenvalue weighted by molar-refractivity contribution is 5.76. The van der Waals surface area contributed by atoms with Crippen molar-refractivity contribution in [3.8, 4) is 0 Å². The Morgan fingerprint density at radius 1 is 1.50 bits per heavy atom. The Labute approximate surface area is 42.3 Å². The van der Waals surface area contributed by atoms with Gasteiger partial charge in [-0.3, -0.25) is 4.79 Å². The van der Waals surface area contributed by atoms with Crippen LogP contribution in [0.5, 0.6) is 0 Å². The standard InChI is InChI=1S/C3H2F4O/c4-1-3(6,7)2(5)8/h1H2. The van der Waals surface area contributed by atoms with Gasteiger partial charge < -0.3 is 0 Å². The van der Waals surface area contributed by atoms with Gasteiger partial charge in [0, 0.05) is 0 Å². The molecule has 0 aliphatic carbocycles. The summed E-state index contributed by atoms with van der Waals surface area (Å²) in [6, 6.07) is -2.93. The van der Waals surface area contributed by atoms with Crippen molar-refractivity contribution in [2.45, 2.75) is 5.92 Å². The summed E-state index contributed by atoms with van der Waals surface area (Å²) in [7, 11) is 0. The van der Waals surface area contributed by atoms with Crippen LogP contribution in [0.3, 0.4) is 0 Å². The molecular weight excluding hydrogens is 128 g/mol. The second-order valence-corrected chi connectivity index (χ2v) is 1.11. The van der Waals surface area contributed by atoms with Gasteiger partial charge in [0.1, 0.15) is 0 Å². The molecule has 0 radical (unpaired) electrons. The number of halogens is 4. The molecule has 0 amide bonds. The van der Waals surface area contributed by atoms with Crippen LogP contribution in [0.4, 0.5) is 17.6 Å². The normalized spacial score (nSPS) is 11.5. The monoisotopic (exact) mass is 130 g/mol. The van der Waals surface area contributed by atoms with Crippen LogP contribution in [0.15, 0.2) is 0 Å². The van der Waals surface area contributed by atoms with Crippen molar-refractivity contribution in [3.05, 3.63) is 0 Å². The van der Waals surface area contributed by atoms with Crippen LogP contribution in [-0.4, -0.2) is 18.6 Å². The minimum atomic E-state index is -4.43. The molecule has 0 aromatic carbocycles. The lowest BCUT2D eigenvalue weighted by Crippen LogP contribution is -2.26. The van der Waals surface area contributed by atoms with E-state index in [-0.39, 0.29) is 0 Å². The Morgan fingerprint density at radius 2 is 1.88 bits per heavy atom. The predicted octanol–water partition coefficient (Wildman–Crippen LogP) is 1.09. The molecule has 0 spiro atoms. The molecule has 5 heteroatoms. The van der Waals surface area contributed by atoms with Crippen LogP contribution in [0.2, 0.25) is 0 Å². The molecule has 0 saturated carbocycles. The third kappa shape index (κ3) is 1.48. The van der Waals surface area contributed by atoms with Gasteiger partial charge in [0.2, 0.25) is 0 Å². The zero-order valence-electron chi connectivity index (χ0n) is 3.63. The zero-order valence-corrected chi connectivity index (χ0v) is 3.63. The van der Waals surface area contributed by atoms with Crippen LogP contribution < -0.4 is 0 Å². The van der Waals surface area contributed by atoms with E-state index in [1.54, 1.807) is 0 Å². The van der Waals surface area contributed by atoms with Crippen molar-refractivity contribution < 1.29 is 22.4 Å². The molecular formula is C3H2F4O. The highest BCUT2D eigenvalue weighted by Gasteiger charge is 2.39. The van der Waals surface area contributed by atoms with E-state index in [0.29, 0.717) is 0 Å². The molecule has 0 N–H and O–H groups in total. The maximum absolute atomic E-state index is 11.2. The Hall–Kier alpha value is -0.610. The van der Waals surface area contributed by atoms with Crippen molar-refractivity contribution in [1.82, 2.24) is 0 Å². The quantitative estimate of drug-likeness (QED) is 0.404. The highest BCUT2D eigenvalue weighted by atomic mass is 19.3. The van der Waals surface area contributed by atoms with Crippen LogP contribution in [0.1, 0.15) is 0 Å². The summed E-state index contributed by atoms with van der Waals surface area (Å²) < 4.78 is 44.0.